The summed E-state index contributed by atoms with van der Waals surface area (Å²) in [6, 6.07) is 1.81. The number of carbonyl (C=O) groups excluding carboxylic acids is 1. The molecule has 0 bridgehead atoms. The van der Waals surface area contributed by atoms with E-state index in [1.807, 2.05) is 33.8 Å². The monoisotopic (exact) mass is 282 g/mol. The second kappa shape index (κ2) is 4.67. The lowest BCUT2D eigenvalue weighted by Gasteiger charge is -2.24. The third-order valence-corrected chi connectivity index (χ3v) is 3.29. The zero-order valence-electron chi connectivity index (χ0n) is 11.7. The number of nitrogens with zero attached hydrogens (tertiary/aromatic N) is 1. The van der Waals surface area contributed by atoms with Crippen LogP contribution in [0.3, 0.4) is 0 Å². The molecule has 0 saturated heterocycles. The minimum Gasteiger partial charge on any atom is -0.444 e. The third kappa shape index (κ3) is 3.38. The quantitative estimate of drug-likeness (QED) is 0.844. The molecule has 1 aromatic heterocycles. The molecule has 19 heavy (non-hydrogen) atoms. The van der Waals surface area contributed by atoms with E-state index in [0.29, 0.717) is 5.15 Å². The number of alkyl carbamates (subject to hydrolysis) is 1. The van der Waals surface area contributed by atoms with Crippen molar-refractivity contribution in [2.75, 3.05) is 0 Å². The lowest BCUT2D eigenvalue weighted by molar-refractivity contribution is 0.0495. The van der Waals surface area contributed by atoms with Gasteiger partial charge in [0.1, 0.15) is 10.8 Å². The predicted octanol–water partition coefficient (Wildman–Crippen LogP) is 3.56. The smallest absolute Gasteiger partial charge is 0.408 e. The Labute approximate surface area is 118 Å². The minimum atomic E-state index is -0.493. The summed E-state index contributed by atoms with van der Waals surface area (Å²) in [7, 11) is 0. The maximum atomic E-state index is 11.9. The maximum Gasteiger partial charge on any atom is 0.408 e. The van der Waals surface area contributed by atoms with Gasteiger partial charge >= 0.3 is 6.09 Å². The lowest BCUT2D eigenvalue weighted by Crippen LogP contribution is -2.39. The van der Waals surface area contributed by atoms with E-state index in [-0.39, 0.29) is 11.6 Å². The van der Waals surface area contributed by atoms with Crippen LogP contribution in [0.5, 0.6) is 0 Å². The van der Waals surface area contributed by atoms with Crippen LogP contribution in [0.25, 0.3) is 0 Å². The number of hydrogen-bond acceptors (Lipinski definition) is 3. The van der Waals surface area contributed by atoms with Crippen molar-refractivity contribution in [1.82, 2.24) is 10.3 Å². The third-order valence-electron chi connectivity index (χ3n) is 3.08. The van der Waals surface area contributed by atoms with Crippen molar-refractivity contribution < 1.29 is 9.53 Å². The Bertz CT molecular complexity index is 505. The zero-order chi connectivity index (χ0) is 14.3. The van der Waals surface area contributed by atoms with Crippen molar-refractivity contribution in [1.29, 1.82) is 0 Å². The number of aromatic nitrogens is 1. The number of amides is 1. The Kier molecular flexibility index (Phi) is 3.47. The molecule has 0 radical (unpaired) electrons. The first-order valence-electron chi connectivity index (χ1n) is 6.36. The molecule has 1 aliphatic carbocycles. The lowest BCUT2D eigenvalue weighted by atomic mass is 10.0. The van der Waals surface area contributed by atoms with E-state index in [1.165, 1.54) is 0 Å². The van der Waals surface area contributed by atoms with E-state index < -0.39 is 5.60 Å². The van der Waals surface area contributed by atoms with Crippen LogP contribution in [0.1, 0.15) is 44.7 Å². The zero-order valence-corrected chi connectivity index (χ0v) is 12.5. The minimum absolute atomic E-state index is 0.329. The predicted molar refractivity (Wildman–Crippen MR) is 74.3 cm³/mol. The Morgan fingerprint density at radius 2 is 2.11 bits per heavy atom. The van der Waals surface area contributed by atoms with Crippen LogP contribution in [0.4, 0.5) is 4.79 Å². The first-order chi connectivity index (χ1) is 8.72. The van der Waals surface area contributed by atoms with Crippen LogP contribution in [0, 0.1) is 6.92 Å². The van der Waals surface area contributed by atoms with Crippen LogP contribution < -0.4 is 5.32 Å². The van der Waals surface area contributed by atoms with Gasteiger partial charge < -0.3 is 10.1 Å². The molecule has 1 saturated carbocycles. The highest BCUT2D eigenvalue weighted by Gasteiger charge is 2.47. The van der Waals surface area contributed by atoms with Gasteiger partial charge in [-0.05, 0) is 57.7 Å². The van der Waals surface area contributed by atoms with Gasteiger partial charge in [0.05, 0.1) is 5.54 Å². The summed E-state index contributed by atoms with van der Waals surface area (Å²) in [5, 5.41) is 3.42. The molecule has 1 heterocycles. The van der Waals surface area contributed by atoms with Gasteiger partial charge in [0.25, 0.3) is 0 Å². The summed E-state index contributed by atoms with van der Waals surface area (Å²) in [6.45, 7) is 7.52. The number of nitrogens with one attached hydrogen (secondary N) is 1. The Balaban J connectivity index is 2.13. The molecule has 1 amide bonds. The average molecular weight is 283 g/mol. The standard InChI is InChI=1S/C14H19ClN2O2/c1-9-7-11(15)16-8-10(9)14(5-6-14)17-12(18)19-13(2,3)4/h7-8H,5-6H2,1-4H3,(H,17,18). The summed E-state index contributed by atoms with van der Waals surface area (Å²) >= 11 is 5.86. The highest BCUT2D eigenvalue weighted by molar-refractivity contribution is 6.29. The number of pyridine rings is 1. The van der Waals surface area contributed by atoms with Crippen molar-refractivity contribution in [2.45, 2.75) is 51.7 Å². The van der Waals surface area contributed by atoms with E-state index in [9.17, 15) is 4.79 Å². The van der Waals surface area contributed by atoms with Crippen molar-refractivity contribution in [3.05, 3.63) is 28.5 Å². The number of carbonyl (C=O) groups is 1. The van der Waals surface area contributed by atoms with E-state index in [2.05, 4.69) is 10.3 Å². The van der Waals surface area contributed by atoms with Crippen molar-refractivity contribution >= 4 is 17.7 Å². The van der Waals surface area contributed by atoms with Crippen LogP contribution in [0.2, 0.25) is 5.15 Å². The molecule has 1 aromatic rings. The van der Waals surface area contributed by atoms with E-state index in [0.717, 1.165) is 24.0 Å². The topological polar surface area (TPSA) is 51.2 Å². The Morgan fingerprint density at radius 1 is 1.47 bits per heavy atom. The molecule has 0 aliphatic heterocycles. The molecule has 1 N–H and O–H groups in total. The summed E-state index contributed by atoms with van der Waals surface area (Å²) in [5.41, 5.74) is 1.23. The molecular formula is C14H19ClN2O2. The van der Waals surface area contributed by atoms with E-state index in [4.69, 9.17) is 16.3 Å². The van der Waals surface area contributed by atoms with Crippen LogP contribution in [0.15, 0.2) is 12.3 Å². The maximum absolute atomic E-state index is 11.9. The van der Waals surface area contributed by atoms with Crippen molar-refractivity contribution in [2.24, 2.45) is 0 Å². The molecule has 104 valence electrons. The molecule has 4 nitrogen and oxygen atoms in total. The van der Waals surface area contributed by atoms with E-state index >= 15 is 0 Å². The number of ether oxygens (including phenoxy) is 1. The molecule has 0 aromatic carbocycles. The van der Waals surface area contributed by atoms with E-state index in [1.54, 1.807) is 6.20 Å². The number of rotatable bonds is 2. The van der Waals surface area contributed by atoms with Crippen LogP contribution >= 0.6 is 11.6 Å². The first kappa shape index (κ1) is 14.1. The van der Waals surface area contributed by atoms with Gasteiger partial charge in [0.2, 0.25) is 0 Å². The van der Waals surface area contributed by atoms with Gasteiger partial charge in [-0.3, -0.25) is 0 Å². The van der Waals surface area contributed by atoms with Gasteiger partial charge in [-0.1, -0.05) is 11.6 Å². The molecule has 0 spiro atoms. The second-order valence-corrected chi connectivity index (χ2v) is 6.42. The molecule has 2 rings (SSSR count). The fourth-order valence-corrected chi connectivity index (χ4v) is 2.32. The molecule has 1 aliphatic rings. The summed E-state index contributed by atoms with van der Waals surface area (Å²) in [4.78, 5) is 16.0. The summed E-state index contributed by atoms with van der Waals surface area (Å²) in [5.74, 6) is 0. The molecule has 1 fully saturated rings. The fraction of sp³-hybridized carbons (Fsp3) is 0.571. The fourth-order valence-electron chi connectivity index (χ4n) is 2.11. The van der Waals surface area contributed by atoms with Gasteiger partial charge in [0.15, 0.2) is 0 Å². The van der Waals surface area contributed by atoms with Crippen LogP contribution in [-0.4, -0.2) is 16.7 Å². The van der Waals surface area contributed by atoms with Gasteiger partial charge in [-0.15, -0.1) is 0 Å². The second-order valence-electron chi connectivity index (χ2n) is 6.03. The molecule has 0 unspecified atom stereocenters. The van der Waals surface area contributed by atoms with Gasteiger partial charge in [-0.2, -0.15) is 0 Å². The van der Waals surface area contributed by atoms with Crippen molar-refractivity contribution in [3.63, 3.8) is 0 Å². The van der Waals surface area contributed by atoms with Crippen LogP contribution in [-0.2, 0) is 10.3 Å². The number of halogens is 1. The molecule has 0 atom stereocenters. The van der Waals surface area contributed by atoms with Gasteiger partial charge in [0, 0.05) is 6.20 Å². The number of aryl methyl sites for hydroxylation is 1. The molecule has 5 heteroatoms. The highest BCUT2D eigenvalue weighted by atomic mass is 35.5. The summed E-state index contributed by atoms with van der Waals surface area (Å²) < 4.78 is 5.30. The van der Waals surface area contributed by atoms with Crippen molar-refractivity contribution in [3.8, 4) is 0 Å². The first-order valence-corrected chi connectivity index (χ1v) is 6.73. The Morgan fingerprint density at radius 3 is 2.58 bits per heavy atom. The highest BCUT2D eigenvalue weighted by Crippen LogP contribution is 2.46. The summed E-state index contributed by atoms with van der Waals surface area (Å²) in [6.07, 6.45) is 3.15. The largest absolute Gasteiger partial charge is 0.444 e. The van der Waals surface area contributed by atoms with Gasteiger partial charge in [-0.25, -0.2) is 9.78 Å². The SMILES string of the molecule is Cc1cc(Cl)ncc1C1(NC(=O)OC(C)(C)C)CC1. The normalized spacial score (nSPS) is 16.9. The molecular weight excluding hydrogens is 264 g/mol. The number of hydrogen-bond donors (Lipinski definition) is 1. The average Bonchev–Trinajstić information content (AvgIpc) is 2.94. The Hall–Kier alpha value is -1.29.